The molecule has 1 aliphatic rings. The molecule has 1 unspecified atom stereocenters. The highest BCUT2D eigenvalue weighted by Gasteiger charge is 2.34. The summed E-state index contributed by atoms with van der Waals surface area (Å²) in [7, 11) is -0.523. The van der Waals surface area contributed by atoms with Crippen molar-refractivity contribution < 1.29 is 4.84 Å². The molecule has 1 heterocycles. The van der Waals surface area contributed by atoms with E-state index in [1.165, 1.54) is 12.8 Å². The largest absolute Gasteiger partial charge is 0.292 e. The van der Waals surface area contributed by atoms with E-state index < -0.39 is 10.0 Å². The van der Waals surface area contributed by atoms with Crippen molar-refractivity contribution in [3.63, 3.8) is 0 Å². The molecule has 86 valence electrons. The fourth-order valence-corrected chi connectivity index (χ4v) is 3.60. The summed E-state index contributed by atoms with van der Waals surface area (Å²) >= 11 is 0. The van der Waals surface area contributed by atoms with Gasteiger partial charge >= 0.3 is 0 Å². The zero-order chi connectivity index (χ0) is 11.0. The lowest BCUT2D eigenvalue weighted by Crippen LogP contribution is -2.39. The molecule has 0 amide bonds. The molecule has 0 aliphatic carbocycles. The Labute approximate surface area is 90.3 Å². The molecule has 0 aromatic carbocycles. The predicted octanol–water partition coefficient (Wildman–Crippen LogP) is 2.83. The third kappa shape index (κ3) is 3.44. The molecule has 0 radical (unpaired) electrons. The minimum Gasteiger partial charge on any atom is -0.292 e. The van der Waals surface area contributed by atoms with Gasteiger partial charge in [0, 0.05) is 6.54 Å². The second kappa shape index (κ2) is 4.03. The number of hydroxylamine groups is 2. The highest BCUT2D eigenvalue weighted by Crippen LogP contribution is 2.48. The molecule has 1 fully saturated rings. The Morgan fingerprint density at radius 2 is 1.79 bits per heavy atom. The van der Waals surface area contributed by atoms with E-state index in [9.17, 15) is 0 Å². The Hall–Kier alpha value is 0.270. The third-order valence-electron chi connectivity index (χ3n) is 2.36. The average molecular weight is 219 g/mol. The van der Waals surface area contributed by atoms with E-state index in [1.54, 1.807) is 0 Å². The van der Waals surface area contributed by atoms with Crippen LogP contribution in [0, 0.1) is 0 Å². The minimum absolute atomic E-state index is 0.0483. The molecule has 1 aliphatic heterocycles. The van der Waals surface area contributed by atoms with E-state index >= 15 is 0 Å². The second-order valence-electron chi connectivity index (χ2n) is 5.87. The van der Waals surface area contributed by atoms with Gasteiger partial charge in [0.15, 0.2) is 0 Å². The SMILES string of the molecule is CC(C)(C)ON1CCCC1S(C)(C)C. The molecular weight excluding hydrogens is 194 g/mol. The van der Waals surface area contributed by atoms with Gasteiger partial charge in [0.05, 0.1) is 11.0 Å². The van der Waals surface area contributed by atoms with E-state index in [2.05, 4.69) is 44.6 Å². The molecule has 0 bridgehead atoms. The molecule has 0 saturated carbocycles. The first kappa shape index (κ1) is 12.3. The highest BCUT2D eigenvalue weighted by molar-refractivity contribution is 8.32. The van der Waals surface area contributed by atoms with Crippen molar-refractivity contribution in [3.8, 4) is 0 Å². The summed E-state index contributed by atoms with van der Waals surface area (Å²) < 4.78 is 0. The van der Waals surface area contributed by atoms with Gasteiger partial charge in [0.2, 0.25) is 0 Å². The smallest absolute Gasteiger partial charge is 0.0816 e. The monoisotopic (exact) mass is 219 g/mol. The molecule has 1 rings (SSSR count). The third-order valence-corrected chi connectivity index (χ3v) is 4.46. The maximum absolute atomic E-state index is 5.99. The van der Waals surface area contributed by atoms with Gasteiger partial charge < -0.3 is 0 Å². The number of rotatable bonds is 2. The van der Waals surface area contributed by atoms with E-state index in [-0.39, 0.29) is 5.60 Å². The zero-order valence-electron chi connectivity index (χ0n) is 10.5. The summed E-state index contributed by atoms with van der Waals surface area (Å²) in [5, 5.41) is 2.89. The molecule has 0 spiro atoms. The summed E-state index contributed by atoms with van der Waals surface area (Å²) in [5.41, 5.74) is -0.0483. The lowest BCUT2D eigenvalue weighted by molar-refractivity contribution is -0.223. The fraction of sp³-hybridized carbons (Fsp3) is 1.00. The van der Waals surface area contributed by atoms with Crippen LogP contribution in [0.2, 0.25) is 0 Å². The Morgan fingerprint density at radius 1 is 1.21 bits per heavy atom. The molecular formula is C11H25NOS. The molecule has 14 heavy (non-hydrogen) atoms. The molecule has 3 heteroatoms. The van der Waals surface area contributed by atoms with Gasteiger partial charge in [-0.3, -0.25) is 4.84 Å². The Bertz CT molecular complexity index is 192. The van der Waals surface area contributed by atoms with Crippen molar-refractivity contribution in [1.82, 2.24) is 5.06 Å². The van der Waals surface area contributed by atoms with Gasteiger partial charge in [-0.05, 0) is 52.4 Å². The van der Waals surface area contributed by atoms with Crippen LogP contribution in [0.4, 0.5) is 0 Å². The highest BCUT2D eigenvalue weighted by atomic mass is 32.3. The van der Waals surface area contributed by atoms with Crippen LogP contribution in [-0.4, -0.2) is 41.4 Å². The van der Waals surface area contributed by atoms with Crippen LogP contribution in [0.25, 0.3) is 0 Å². The van der Waals surface area contributed by atoms with Gasteiger partial charge in [0.1, 0.15) is 0 Å². The average Bonchev–Trinajstić information content (AvgIpc) is 2.29. The molecule has 0 N–H and O–H groups in total. The summed E-state index contributed by atoms with van der Waals surface area (Å²) in [6.45, 7) is 7.48. The van der Waals surface area contributed by atoms with E-state index in [1.807, 2.05) is 0 Å². The van der Waals surface area contributed by atoms with Gasteiger partial charge in [-0.25, -0.2) is 10.0 Å². The van der Waals surface area contributed by atoms with E-state index in [4.69, 9.17) is 4.84 Å². The van der Waals surface area contributed by atoms with Crippen molar-refractivity contribution >= 4 is 10.0 Å². The van der Waals surface area contributed by atoms with Crippen LogP contribution >= 0.6 is 10.0 Å². The van der Waals surface area contributed by atoms with Crippen molar-refractivity contribution in [1.29, 1.82) is 0 Å². The van der Waals surface area contributed by atoms with Crippen molar-refractivity contribution in [2.24, 2.45) is 0 Å². The van der Waals surface area contributed by atoms with E-state index in [0.29, 0.717) is 5.37 Å². The summed E-state index contributed by atoms with van der Waals surface area (Å²) in [6, 6.07) is 0. The Morgan fingerprint density at radius 3 is 2.21 bits per heavy atom. The first-order valence-corrected chi connectivity index (χ1v) is 8.25. The first-order chi connectivity index (χ1) is 6.20. The first-order valence-electron chi connectivity index (χ1n) is 5.33. The van der Waals surface area contributed by atoms with Gasteiger partial charge in [0.25, 0.3) is 0 Å². The van der Waals surface area contributed by atoms with Crippen LogP contribution in [0.1, 0.15) is 33.6 Å². The van der Waals surface area contributed by atoms with Crippen LogP contribution in [-0.2, 0) is 4.84 Å². The molecule has 0 aromatic heterocycles. The molecule has 0 aromatic rings. The van der Waals surface area contributed by atoms with Crippen molar-refractivity contribution in [3.05, 3.63) is 0 Å². The van der Waals surface area contributed by atoms with E-state index in [0.717, 1.165) is 6.54 Å². The normalized spacial score (nSPS) is 26.9. The lowest BCUT2D eigenvalue weighted by atomic mass is 10.2. The van der Waals surface area contributed by atoms with Crippen LogP contribution in [0.15, 0.2) is 0 Å². The quantitative estimate of drug-likeness (QED) is 0.708. The molecule has 1 atom stereocenters. The zero-order valence-corrected chi connectivity index (χ0v) is 11.3. The Kier molecular flexibility index (Phi) is 3.55. The van der Waals surface area contributed by atoms with Crippen LogP contribution in [0.3, 0.4) is 0 Å². The summed E-state index contributed by atoms with van der Waals surface area (Å²) in [5.74, 6) is 0. The topological polar surface area (TPSA) is 12.5 Å². The maximum Gasteiger partial charge on any atom is 0.0816 e. The van der Waals surface area contributed by atoms with Gasteiger partial charge in [-0.1, -0.05) is 0 Å². The molecule has 2 nitrogen and oxygen atoms in total. The van der Waals surface area contributed by atoms with Gasteiger partial charge in [-0.2, -0.15) is 5.06 Å². The standard InChI is InChI=1S/C11H25NOS/c1-11(2,3)13-12-9-7-8-10(12)14(4,5)6/h10H,7-9H2,1-6H3. The van der Waals surface area contributed by atoms with Crippen LogP contribution in [0.5, 0.6) is 0 Å². The second-order valence-corrected chi connectivity index (χ2v) is 10.3. The van der Waals surface area contributed by atoms with Crippen molar-refractivity contribution in [2.75, 3.05) is 25.3 Å². The lowest BCUT2D eigenvalue weighted by Gasteiger charge is -2.41. The van der Waals surface area contributed by atoms with Gasteiger partial charge in [-0.15, -0.1) is 0 Å². The fourth-order valence-electron chi connectivity index (χ4n) is 1.87. The predicted molar refractivity (Wildman–Crippen MR) is 65.9 cm³/mol. The Balaban J connectivity index is 2.61. The van der Waals surface area contributed by atoms with Crippen LogP contribution < -0.4 is 0 Å². The number of hydrogen-bond acceptors (Lipinski definition) is 2. The summed E-state index contributed by atoms with van der Waals surface area (Å²) in [4.78, 5) is 5.99. The molecule has 1 saturated heterocycles. The minimum atomic E-state index is -0.523. The number of hydrogen-bond donors (Lipinski definition) is 0. The number of nitrogens with zero attached hydrogens (tertiary/aromatic N) is 1. The maximum atomic E-state index is 5.99. The van der Waals surface area contributed by atoms with Crippen molar-refractivity contribution in [2.45, 2.75) is 44.6 Å². The summed E-state index contributed by atoms with van der Waals surface area (Å²) in [6.07, 6.45) is 9.71.